The van der Waals surface area contributed by atoms with Crippen LogP contribution in [0, 0.1) is 4.51 Å². The van der Waals surface area contributed by atoms with E-state index in [4.69, 9.17) is 12.2 Å². The van der Waals surface area contributed by atoms with Crippen molar-refractivity contribution in [2.24, 2.45) is 0 Å². The Bertz CT molecular complexity index is 465. The molecule has 1 aromatic carbocycles. The third kappa shape index (κ3) is 1.21. The third-order valence-corrected chi connectivity index (χ3v) is 2.07. The molecule has 1 nitrogen and oxygen atoms in total. The summed E-state index contributed by atoms with van der Waals surface area (Å²) >= 11 is 5.18. The number of nitrogens with zero attached hydrogens (tertiary/aromatic N) is 1. The molecule has 0 saturated carbocycles. The van der Waals surface area contributed by atoms with Crippen LogP contribution >= 0.6 is 12.2 Å². The van der Waals surface area contributed by atoms with Crippen molar-refractivity contribution in [2.75, 3.05) is 0 Å². The first kappa shape index (κ1) is 7.37. The predicted molar refractivity (Wildman–Crippen MR) is 52.6 cm³/mol. The number of aromatic nitrogens is 1. The molecule has 0 atom stereocenters. The summed E-state index contributed by atoms with van der Waals surface area (Å²) in [5, 5.41) is 1.04. The van der Waals surface area contributed by atoms with E-state index in [1.165, 1.54) is 0 Å². The fourth-order valence-electron chi connectivity index (χ4n) is 1.14. The lowest BCUT2D eigenvalue weighted by Crippen LogP contribution is -1.69. The topological polar surface area (TPSA) is 12.9 Å². The van der Waals surface area contributed by atoms with Gasteiger partial charge >= 0.3 is 0 Å². The summed E-state index contributed by atoms with van der Waals surface area (Å²) < 4.78 is 0.850. The van der Waals surface area contributed by atoms with Crippen LogP contribution in [-0.2, 0) is 0 Å². The highest BCUT2D eigenvalue weighted by atomic mass is 32.1. The summed E-state index contributed by atoms with van der Waals surface area (Å²) in [6.07, 6.45) is 1.76. The molecule has 0 aliphatic heterocycles. The van der Waals surface area contributed by atoms with Crippen LogP contribution in [-0.4, -0.2) is 4.98 Å². The SMILES string of the molecule is S=c1cccnc2ccccc12. The molecule has 0 unspecified atom stereocenters. The van der Waals surface area contributed by atoms with E-state index >= 15 is 0 Å². The number of hydrogen-bond donors (Lipinski definition) is 0. The van der Waals surface area contributed by atoms with Gasteiger partial charge in [0.25, 0.3) is 0 Å². The maximum atomic E-state index is 5.18. The highest BCUT2D eigenvalue weighted by Crippen LogP contribution is 2.10. The maximum absolute atomic E-state index is 5.18. The van der Waals surface area contributed by atoms with E-state index in [9.17, 15) is 0 Å². The Kier molecular flexibility index (Phi) is 1.84. The molecule has 2 aromatic rings. The second-order valence-corrected chi connectivity index (χ2v) is 2.96. The number of para-hydroxylation sites is 1. The van der Waals surface area contributed by atoms with Gasteiger partial charge in [-0.05, 0) is 18.2 Å². The molecule has 0 N–H and O–H groups in total. The number of rotatable bonds is 0. The Morgan fingerprint density at radius 1 is 1.00 bits per heavy atom. The molecule has 2 heteroatoms. The smallest absolute Gasteiger partial charge is 0.0716 e. The van der Waals surface area contributed by atoms with Crippen molar-refractivity contribution < 1.29 is 0 Å². The molecule has 0 radical (unpaired) electrons. The van der Waals surface area contributed by atoms with Gasteiger partial charge < -0.3 is 0 Å². The highest BCUT2D eigenvalue weighted by molar-refractivity contribution is 7.71. The van der Waals surface area contributed by atoms with E-state index in [-0.39, 0.29) is 0 Å². The van der Waals surface area contributed by atoms with Crippen molar-refractivity contribution in [3.63, 3.8) is 0 Å². The van der Waals surface area contributed by atoms with Crippen LogP contribution < -0.4 is 0 Å². The quantitative estimate of drug-likeness (QED) is 0.568. The number of fused-ring (bicyclic) bond motifs is 1. The zero-order valence-corrected chi connectivity index (χ0v) is 7.21. The van der Waals surface area contributed by atoms with E-state index in [0.29, 0.717) is 0 Å². The first-order chi connectivity index (χ1) is 5.88. The van der Waals surface area contributed by atoms with Crippen LogP contribution in [0.1, 0.15) is 0 Å². The summed E-state index contributed by atoms with van der Waals surface area (Å²) in [5.74, 6) is 0. The molecular weight excluding hydrogens is 166 g/mol. The summed E-state index contributed by atoms with van der Waals surface area (Å²) in [6.45, 7) is 0. The normalized spacial score (nSPS) is 10.0. The van der Waals surface area contributed by atoms with Crippen LogP contribution in [0.5, 0.6) is 0 Å². The van der Waals surface area contributed by atoms with Gasteiger partial charge in [-0.15, -0.1) is 0 Å². The zero-order chi connectivity index (χ0) is 8.39. The number of benzene rings is 1. The predicted octanol–water partition coefficient (Wildman–Crippen LogP) is 2.96. The van der Waals surface area contributed by atoms with Gasteiger partial charge in [0.05, 0.1) is 5.52 Å². The Morgan fingerprint density at radius 3 is 2.75 bits per heavy atom. The summed E-state index contributed by atoms with van der Waals surface area (Å²) in [5.41, 5.74) is 0.951. The van der Waals surface area contributed by atoms with Gasteiger partial charge in [0.15, 0.2) is 0 Å². The van der Waals surface area contributed by atoms with Crippen LogP contribution in [0.25, 0.3) is 10.9 Å². The molecule has 1 heterocycles. The van der Waals surface area contributed by atoms with E-state index in [2.05, 4.69) is 4.98 Å². The van der Waals surface area contributed by atoms with Crippen LogP contribution in [0.3, 0.4) is 0 Å². The van der Waals surface area contributed by atoms with Gasteiger partial charge in [-0.25, -0.2) is 0 Å². The van der Waals surface area contributed by atoms with Gasteiger partial charge in [0.2, 0.25) is 0 Å². The lowest BCUT2D eigenvalue weighted by atomic mass is 10.2. The second-order valence-electron chi connectivity index (χ2n) is 2.52. The van der Waals surface area contributed by atoms with Crippen molar-refractivity contribution in [2.45, 2.75) is 0 Å². The van der Waals surface area contributed by atoms with Crippen molar-refractivity contribution >= 4 is 23.1 Å². The number of hydrogen-bond acceptors (Lipinski definition) is 2. The molecule has 0 amide bonds. The minimum Gasteiger partial charge on any atom is -0.256 e. The molecule has 58 valence electrons. The highest BCUT2D eigenvalue weighted by Gasteiger charge is 1.89. The largest absolute Gasteiger partial charge is 0.256 e. The fourth-order valence-corrected chi connectivity index (χ4v) is 1.39. The summed E-state index contributed by atoms with van der Waals surface area (Å²) in [4.78, 5) is 4.24. The fraction of sp³-hybridized carbons (Fsp3) is 0. The standard InChI is InChI=1S/C10H7NS/c12-10-6-3-7-11-9-5-2-1-4-8(9)10/h1-7H. The third-order valence-electron chi connectivity index (χ3n) is 1.72. The molecule has 12 heavy (non-hydrogen) atoms. The van der Waals surface area contributed by atoms with Gasteiger partial charge in [-0.2, -0.15) is 0 Å². The van der Waals surface area contributed by atoms with Crippen LogP contribution in [0.2, 0.25) is 0 Å². The van der Waals surface area contributed by atoms with Gasteiger partial charge in [0, 0.05) is 16.1 Å². The molecule has 0 saturated heterocycles. The zero-order valence-electron chi connectivity index (χ0n) is 6.40. The first-order valence-corrected chi connectivity index (χ1v) is 4.13. The Balaban J connectivity index is 3.06. The Hall–Kier alpha value is -1.28. The van der Waals surface area contributed by atoms with E-state index in [1.807, 2.05) is 36.4 Å². The first-order valence-electron chi connectivity index (χ1n) is 3.72. The van der Waals surface area contributed by atoms with Crippen molar-refractivity contribution in [3.05, 3.63) is 47.1 Å². The van der Waals surface area contributed by atoms with E-state index in [1.54, 1.807) is 6.20 Å². The monoisotopic (exact) mass is 173 g/mol. The maximum Gasteiger partial charge on any atom is 0.0716 e. The van der Waals surface area contributed by atoms with Gasteiger partial charge in [0.1, 0.15) is 0 Å². The van der Waals surface area contributed by atoms with Crippen LogP contribution in [0.15, 0.2) is 42.6 Å². The average Bonchev–Trinajstić information content (AvgIpc) is 2.29. The molecular formula is C10H7NS. The lowest BCUT2D eigenvalue weighted by molar-refractivity contribution is 1.44. The Labute approximate surface area is 75.7 Å². The van der Waals surface area contributed by atoms with Crippen molar-refractivity contribution in [1.82, 2.24) is 4.98 Å². The lowest BCUT2D eigenvalue weighted by Gasteiger charge is -1.87. The van der Waals surface area contributed by atoms with Crippen molar-refractivity contribution in [3.8, 4) is 0 Å². The Morgan fingerprint density at radius 2 is 1.83 bits per heavy atom. The molecule has 1 aromatic heterocycles. The van der Waals surface area contributed by atoms with E-state index < -0.39 is 0 Å². The molecule has 0 aliphatic rings. The van der Waals surface area contributed by atoms with Gasteiger partial charge in [-0.3, -0.25) is 4.98 Å². The summed E-state index contributed by atoms with van der Waals surface area (Å²) in [6, 6.07) is 11.6. The average molecular weight is 173 g/mol. The molecule has 2 rings (SSSR count). The molecule has 0 fully saturated rings. The molecule has 0 spiro atoms. The van der Waals surface area contributed by atoms with E-state index in [0.717, 1.165) is 15.4 Å². The van der Waals surface area contributed by atoms with Crippen LogP contribution in [0.4, 0.5) is 0 Å². The van der Waals surface area contributed by atoms with Gasteiger partial charge in [-0.1, -0.05) is 30.4 Å². The molecule has 0 aliphatic carbocycles. The minimum atomic E-state index is 0.850. The second kappa shape index (κ2) is 2.99. The summed E-state index contributed by atoms with van der Waals surface area (Å²) in [7, 11) is 0. The minimum absolute atomic E-state index is 0.850. The molecule has 0 bridgehead atoms. The van der Waals surface area contributed by atoms with Crippen molar-refractivity contribution in [1.29, 1.82) is 0 Å².